The van der Waals surface area contributed by atoms with Crippen LogP contribution in [0.5, 0.6) is 0 Å². The zero-order valence-corrected chi connectivity index (χ0v) is 13.2. The Hall–Kier alpha value is -1.79. The number of hydrogen-bond donors (Lipinski definition) is 3. The maximum atomic E-state index is 10.0. The second kappa shape index (κ2) is 5.78. The lowest BCUT2D eigenvalue weighted by molar-refractivity contribution is 0.0633. The number of anilines is 2. The standard InChI is InChI=1S/C16H24N4O2/c1-16(2,21)10-20-14-6-5-11(8-13(14)19-15(20)17)18-9-12-4-3-7-22-12/h5-6,8,12,18,21H,3-4,7,9-10H2,1-2H3,(H2,17,19)/t12-/m0/s1. The Morgan fingerprint density at radius 1 is 1.50 bits per heavy atom. The predicted octanol–water partition coefficient (Wildman–Crippen LogP) is 1.98. The van der Waals surface area contributed by atoms with Gasteiger partial charge in [-0.15, -0.1) is 0 Å². The van der Waals surface area contributed by atoms with Gasteiger partial charge in [-0.25, -0.2) is 4.98 Å². The molecule has 1 saturated heterocycles. The molecule has 22 heavy (non-hydrogen) atoms. The summed E-state index contributed by atoms with van der Waals surface area (Å²) in [4.78, 5) is 4.40. The van der Waals surface area contributed by atoms with Gasteiger partial charge in [0.05, 0.1) is 29.3 Å². The summed E-state index contributed by atoms with van der Waals surface area (Å²) in [5, 5.41) is 13.4. The van der Waals surface area contributed by atoms with Crippen molar-refractivity contribution < 1.29 is 9.84 Å². The molecule has 2 heterocycles. The van der Waals surface area contributed by atoms with Crippen LogP contribution >= 0.6 is 0 Å². The highest BCUT2D eigenvalue weighted by Gasteiger charge is 2.18. The summed E-state index contributed by atoms with van der Waals surface area (Å²) in [6.07, 6.45) is 2.56. The first-order chi connectivity index (χ1) is 10.4. The molecule has 0 unspecified atom stereocenters. The Labute approximate surface area is 130 Å². The van der Waals surface area contributed by atoms with E-state index < -0.39 is 5.60 Å². The predicted molar refractivity (Wildman–Crippen MR) is 87.9 cm³/mol. The van der Waals surface area contributed by atoms with Crippen molar-refractivity contribution in [2.24, 2.45) is 0 Å². The van der Waals surface area contributed by atoms with E-state index in [1.807, 2.05) is 22.8 Å². The van der Waals surface area contributed by atoms with Crippen molar-refractivity contribution in [2.75, 3.05) is 24.2 Å². The molecule has 6 heteroatoms. The zero-order valence-electron chi connectivity index (χ0n) is 13.2. The van der Waals surface area contributed by atoms with Crippen LogP contribution in [0, 0.1) is 0 Å². The molecule has 1 aromatic carbocycles. The topological polar surface area (TPSA) is 85.3 Å². The number of benzene rings is 1. The van der Waals surface area contributed by atoms with Gasteiger partial charge in [0.1, 0.15) is 0 Å². The van der Waals surface area contributed by atoms with Gasteiger partial charge in [0.15, 0.2) is 0 Å². The lowest BCUT2D eigenvalue weighted by atomic mass is 10.1. The van der Waals surface area contributed by atoms with E-state index in [9.17, 15) is 5.11 Å². The normalized spacial score (nSPS) is 19.0. The average molecular weight is 304 g/mol. The first-order valence-corrected chi connectivity index (χ1v) is 7.76. The number of aliphatic hydroxyl groups is 1. The Morgan fingerprint density at radius 2 is 2.32 bits per heavy atom. The van der Waals surface area contributed by atoms with Crippen LogP contribution in [0.3, 0.4) is 0 Å². The minimum Gasteiger partial charge on any atom is -0.389 e. The second-order valence-electron chi connectivity index (χ2n) is 6.59. The van der Waals surface area contributed by atoms with Crippen molar-refractivity contribution in [3.8, 4) is 0 Å². The van der Waals surface area contributed by atoms with Gasteiger partial charge in [-0.3, -0.25) is 0 Å². The van der Waals surface area contributed by atoms with Crippen molar-refractivity contribution in [1.29, 1.82) is 0 Å². The number of nitrogen functional groups attached to an aromatic ring is 1. The van der Waals surface area contributed by atoms with Gasteiger partial charge in [0.2, 0.25) is 5.95 Å². The van der Waals surface area contributed by atoms with Gasteiger partial charge in [-0.2, -0.15) is 0 Å². The third-order valence-corrected chi connectivity index (χ3v) is 3.88. The highest BCUT2D eigenvalue weighted by Crippen LogP contribution is 2.24. The van der Waals surface area contributed by atoms with Crippen molar-refractivity contribution in [1.82, 2.24) is 9.55 Å². The molecule has 1 fully saturated rings. The molecule has 6 nitrogen and oxygen atoms in total. The molecule has 0 saturated carbocycles. The van der Waals surface area contributed by atoms with Gasteiger partial charge < -0.3 is 25.5 Å². The molecule has 1 aliphatic rings. The van der Waals surface area contributed by atoms with Crippen LogP contribution in [0.25, 0.3) is 11.0 Å². The number of aromatic nitrogens is 2. The second-order valence-corrected chi connectivity index (χ2v) is 6.59. The van der Waals surface area contributed by atoms with Crippen LogP contribution < -0.4 is 11.1 Å². The van der Waals surface area contributed by atoms with Crippen LogP contribution in [0.1, 0.15) is 26.7 Å². The average Bonchev–Trinajstić information content (AvgIpc) is 3.04. The molecule has 0 aliphatic carbocycles. The fourth-order valence-corrected chi connectivity index (χ4v) is 2.85. The number of hydrogen-bond acceptors (Lipinski definition) is 5. The van der Waals surface area contributed by atoms with E-state index in [4.69, 9.17) is 10.5 Å². The van der Waals surface area contributed by atoms with Gasteiger partial charge in [-0.1, -0.05) is 0 Å². The Kier molecular flexibility index (Phi) is 3.97. The molecule has 1 atom stereocenters. The molecule has 120 valence electrons. The van der Waals surface area contributed by atoms with Crippen molar-refractivity contribution in [2.45, 2.75) is 44.9 Å². The van der Waals surface area contributed by atoms with Gasteiger partial charge in [0, 0.05) is 18.8 Å². The van der Waals surface area contributed by atoms with E-state index in [1.54, 1.807) is 13.8 Å². The minimum atomic E-state index is -0.835. The molecule has 0 spiro atoms. The van der Waals surface area contributed by atoms with Crippen LogP contribution in [0.15, 0.2) is 18.2 Å². The molecule has 0 bridgehead atoms. The van der Waals surface area contributed by atoms with Gasteiger partial charge in [0.25, 0.3) is 0 Å². The third-order valence-electron chi connectivity index (χ3n) is 3.88. The highest BCUT2D eigenvalue weighted by molar-refractivity contribution is 5.82. The number of rotatable bonds is 5. The number of nitrogens with two attached hydrogens (primary N) is 1. The fraction of sp³-hybridized carbons (Fsp3) is 0.562. The van der Waals surface area contributed by atoms with Crippen molar-refractivity contribution >= 4 is 22.7 Å². The van der Waals surface area contributed by atoms with Gasteiger partial charge >= 0.3 is 0 Å². The number of nitrogens with zero attached hydrogens (tertiary/aromatic N) is 2. The quantitative estimate of drug-likeness (QED) is 0.786. The summed E-state index contributed by atoms with van der Waals surface area (Å²) in [7, 11) is 0. The van der Waals surface area contributed by atoms with Crippen LogP contribution in [0.4, 0.5) is 11.6 Å². The molecule has 4 N–H and O–H groups in total. The minimum absolute atomic E-state index is 0.300. The number of ether oxygens (including phenoxy) is 1. The zero-order chi connectivity index (χ0) is 15.7. The van der Waals surface area contributed by atoms with Gasteiger partial charge in [-0.05, 0) is 44.9 Å². The molecule has 2 aromatic rings. The molecular weight excluding hydrogens is 280 g/mol. The molecule has 0 radical (unpaired) electrons. The summed E-state index contributed by atoms with van der Waals surface area (Å²) >= 11 is 0. The number of fused-ring (bicyclic) bond motifs is 1. The fourth-order valence-electron chi connectivity index (χ4n) is 2.85. The Balaban J connectivity index is 1.78. The third kappa shape index (κ3) is 3.34. The molecular formula is C16H24N4O2. The van der Waals surface area contributed by atoms with Crippen LogP contribution in [0.2, 0.25) is 0 Å². The molecule has 0 amide bonds. The smallest absolute Gasteiger partial charge is 0.201 e. The summed E-state index contributed by atoms with van der Waals surface area (Å²) < 4.78 is 7.46. The van der Waals surface area contributed by atoms with E-state index >= 15 is 0 Å². The molecule has 1 aromatic heterocycles. The number of nitrogens with one attached hydrogen (secondary N) is 1. The van der Waals surface area contributed by atoms with Crippen LogP contribution in [-0.4, -0.2) is 39.5 Å². The SMILES string of the molecule is CC(C)(O)Cn1c(N)nc2cc(NC[C@@H]3CCCO3)ccc21. The maximum Gasteiger partial charge on any atom is 0.201 e. The molecule has 3 rings (SSSR count). The van der Waals surface area contributed by atoms with E-state index in [2.05, 4.69) is 10.3 Å². The van der Waals surface area contributed by atoms with Crippen LogP contribution in [-0.2, 0) is 11.3 Å². The van der Waals surface area contributed by atoms with Crippen molar-refractivity contribution in [3.63, 3.8) is 0 Å². The number of imidazole rings is 1. The van der Waals surface area contributed by atoms with Crippen molar-refractivity contribution in [3.05, 3.63) is 18.2 Å². The summed E-state index contributed by atoms with van der Waals surface area (Å²) in [5.74, 6) is 0.424. The summed E-state index contributed by atoms with van der Waals surface area (Å²) in [6.45, 7) is 5.61. The highest BCUT2D eigenvalue weighted by atomic mass is 16.5. The van der Waals surface area contributed by atoms with E-state index in [0.29, 0.717) is 18.6 Å². The Bertz CT molecular complexity index is 654. The van der Waals surface area contributed by atoms with E-state index in [1.165, 1.54) is 0 Å². The summed E-state index contributed by atoms with van der Waals surface area (Å²) in [5.41, 5.74) is 7.92. The Morgan fingerprint density at radius 3 is 3.00 bits per heavy atom. The lowest BCUT2D eigenvalue weighted by Gasteiger charge is -2.19. The molecule has 1 aliphatic heterocycles. The lowest BCUT2D eigenvalue weighted by Crippen LogP contribution is -2.26. The maximum absolute atomic E-state index is 10.0. The summed E-state index contributed by atoms with van der Waals surface area (Å²) in [6, 6.07) is 5.99. The monoisotopic (exact) mass is 304 g/mol. The van der Waals surface area contributed by atoms with E-state index in [0.717, 1.165) is 42.7 Å². The first-order valence-electron chi connectivity index (χ1n) is 7.76. The van der Waals surface area contributed by atoms with E-state index in [-0.39, 0.29) is 0 Å². The largest absolute Gasteiger partial charge is 0.389 e. The first kappa shape index (κ1) is 15.1.